The van der Waals surface area contributed by atoms with Gasteiger partial charge in [-0.3, -0.25) is 0 Å². The summed E-state index contributed by atoms with van der Waals surface area (Å²) in [6.45, 7) is 2.15. The summed E-state index contributed by atoms with van der Waals surface area (Å²) < 4.78 is 4.65. The van der Waals surface area contributed by atoms with Gasteiger partial charge in [-0.2, -0.15) is 0 Å². The van der Waals surface area contributed by atoms with Gasteiger partial charge in [0.15, 0.2) is 0 Å². The second-order valence-corrected chi connectivity index (χ2v) is 3.51. The van der Waals surface area contributed by atoms with E-state index in [1.165, 1.54) is 7.11 Å². The van der Waals surface area contributed by atoms with Crippen molar-refractivity contribution in [2.75, 3.05) is 7.11 Å². The average Bonchev–Trinajstić information content (AvgIpc) is 2.16. The molecule has 1 aliphatic rings. The first-order chi connectivity index (χ1) is 6.19. The normalized spacial score (nSPS) is 23.1. The number of hydrogen-bond donors (Lipinski definition) is 1. The molecule has 0 saturated heterocycles. The predicted molar refractivity (Wildman–Crippen MR) is 50.9 cm³/mol. The summed E-state index contributed by atoms with van der Waals surface area (Å²) in [7, 11) is 1.40. The minimum atomic E-state index is -0.257. The van der Waals surface area contributed by atoms with Crippen LogP contribution in [0.1, 0.15) is 32.6 Å². The van der Waals surface area contributed by atoms with Crippen molar-refractivity contribution in [2.24, 2.45) is 11.7 Å². The van der Waals surface area contributed by atoms with E-state index >= 15 is 0 Å². The Morgan fingerprint density at radius 1 is 1.69 bits per heavy atom. The Hall–Kier alpha value is -0.990. The number of carbonyl (C=O) groups excluding carboxylic acids is 1. The summed E-state index contributed by atoms with van der Waals surface area (Å²) in [5.74, 6) is 0.389. The lowest BCUT2D eigenvalue weighted by molar-refractivity contribution is -0.136. The van der Waals surface area contributed by atoms with Gasteiger partial charge in [0, 0.05) is 5.70 Å². The smallest absolute Gasteiger partial charge is 0.335 e. The van der Waals surface area contributed by atoms with Crippen molar-refractivity contribution in [1.29, 1.82) is 0 Å². The van der Waals surface area contributed by atoms with Crippen molar-refractivity contribution in [3.63, 3.8) is 0 Å². The molecule has 0 aliphatic heterocycles. The molecule has 2 N–H and O–H groups in total. The summed E-state index contributed by atoms with van der Waals surface area (Å²) in [6.07, 6.45) is 3.81. The monoisotopic (exact) mass is 183 g/mol. The maximum Gasteiger partial charge on any atom is 0.335 e. The summed E-state index contributed by atoms with van der Waals surface area (Å²) >= 11 is 0. The molecule has 0 bridgehead atoms. The van der Waals surface area contributed by atoms with E-state index in [2.05, 4.69) is 11.7 Å². The van der Waals surface area contributed by atoms with E-state index in [0.29, 0.717) is 11.5 Å². The molecule has 0 fully saturated rings. The van der Waals surface area contributed by atoms with E-state index in [1.54, 1.807) is 0 Å². The highest BCUT2D eigenvalue weighted by molar-refractivity contribution is 5.89. The van der Waals surface area contributed by atoms with E-state index in [4.69, 9.17) is 5.73 Å². The molecule has 0 heterocycles. The maximum atomic E-state index is 11.2. The van der Waals surface area contributed by atoms with Crippen molar-refractivity contribution in [1.82, 2.24) is 0 Å². The number of nitrogens with two attached hydrogens (primary N) is 1. The molecular weight excluding hydrogens is 166 g/mol. The number of carbonyl (C=O) groups is 1. The zero-order chi connectivity index (χ0) is 9.84. The Balaban J connectivity index is 2.70. The fourth-order valence-electron chi connectivity index (χ4n) is 1.75. The van der Waals surface area contributed by atoms with Crippen molar-refractivity contribution in [3.8, 4) is 0 Å². The average molecular weight is 183 g/mol. The SMILES string of the molecule is CC[C@H]1CCC(C(=O)OC)=C(N)C1. The minimum Gasteiger partial charge on any atom is -0.466 e. The van der Waals surface area contributed by atoms with Crippen LogP contribution < -0.4 is 5.73 Å². The van der Waals surface area contributed by atoms with Gasteiger partial charge in [-0.05, 0) is 25.2 Å². The van der Waals surface area contributed by atoms with Crippen molar-refractivity contribution >= 4 is 5.97 Å². The largest absolute Gasteiger partial charge is 0.466 e. The minimum absolute atomic E-state index is 0.257. The second kappa shape index (κ2) is 4.30. The summed E-state index contributed by atoms with van der Waals surface area (Å²) in [6, 6.07) is 0. The molecular formula is C10H17NO2. The molecule has 0 saturated carbocycles. The van der Waals surface area contributed by atoms with Crippen LogP contribution in [0.5, 0.6) is 0 Å². The lowest BCUT2D eigenvalue weighted by atomic mass is 9.86. The van der Waals surface area contributed by atoms with Crippen LogP contribution in [0.4, 0.5) is 0 Å². The maximum absolute atomic E-state index is 11.2. The molecule has 0 aromatic rings. The molecule has 1 rings (SSSR count). The first-order valence-electron chi connectivity index (χ1n) is 4.74. The highest BCUT2D eigenvalue weighted by atomic mass is 16.5. The van der Waals surface area contributed by atoms with Crippen LogP contribution in [-0.4, -0.2) is 13.1 Å². The number of allylic oxidation sites excluding steroid dienone is 1. The Bertz CT molecular complexity index is 233. The lowest BCUT2D eigenvalue weighted by Gasteiger charge is -2.22. The Labute approximate surface area is 78.9 Å². The lowest BCUT2D eigenvalue weighted by Crippen LogP contribution is -2.20. The molecule has 0 amide bonds. The summed E-state index contributed by atoms with van der Waals surface area (Å²) in [5, 5.41) is 0. The van der Waals surface area contributed by atoms with Crippen LogP contribution in [0.15, 0.2) is 11.3 Å². The van der Waals surface area contributed by atoms with Gasteiger partial charge in [0.05, 0.1) is 12.7 Å². The van der Waals surface area contributed by atoms with Gasteiger partial charge in [0.25, 0.3) is 0 Å². The van der Waals surface area contributed by atoms with E-state index in [1.807, 2.05) is 0 Å². The van der Waals surface area contributed by atoms with Crippen LogP contribution >= 0.6 is 0 Å². The van der Waals surface area contributed by atoms with Gasteiger partial charge in [0.1, 0.15) is 0 Å². The van der Waals surface area contributed by atoms with Crippen LogP contribution in [0.2, 0.25) is 0 Å². The topological polar surface area (TPSA) is 52.3 Å². The number of hydrogen-bond acceptors (Lipinski definition) is 3. The van der Waals surface area contributed by atoms with E-state index in [-0.39, 0.29) is 5.97 Å². The molecule has 0 aromatic heterocycles. The van der Waals surface area contributed by atoms with Crippen molar-refractivity contribution < 1.29 is 9.53 Å². The first kappa shape index (κ1) is 10.1. The van der Waals surface area contributed by atoms with Crippen LogP contribution in [-0.2, 0) is 9.53 Å². The van der Waals surface area contributed by atoms with E-state index in [0.717, 1.165) is 31.4 Å². The number of ether oxygens (including phenoxy) is 1. The van der Waals surface area contributed by atoms with Gasteiger partial charge in [-0.15, -0.1) is 0 Å². The first-order valence-corrected chi connectivity index (χ1v) is 4.74. The molecule has 0 radical (unpaired) electrons. The third kappa shape index (κ3) is 2.23. The van der Waals surface area contributed by atoms with Crippen LogP contribution in [0, 0.1) is 5.92 Å². The summed E-state index contributed by atoms with van der Waals surface area (Å²) in [5.41, 5.74) is 7.21. The molecule has 13 heavy (non-hydrogen) atoms. The molecule has 3 nitrogen and oxygen atoms in total. The van der Waals surface area contributed by atoms with Gasteiger partial charge in [-0.1, -0.05) is 13.3 Å². The van der Waals surface area contributed by atoms with E-state index in [9.17, 15) is 4.79 Å². The molecule has 0 aromatic carbocycles. The number of rotatable bonds is 2. The fourth-order valence-corrected chi connectivity index (χ4v) is 1.75. The number of esters is 1. The molecule has 0 unspecified atom stereocenters. The van der Waals surface area contributed by atoms with Crippen molar-refractivity contribution in [2.45, 2.75) is 32.6 Å². The third-order valence-electron chi connectivity index (χ3n) is 2.71. The quantitative estimate of drug-likeness (QED) is 0.661. The third-order valence-corrected chi connectivity index (χ3v) is 2.71. The standard InChI is InChI=1S/C10H17NO2/c1-3-7-4-5-8(9(11)6-7)10(12)13-2/h7H,3-6,11H2,1-2H3/t7-/m0/s1. The molecule has 1 aliphatic carbocycles. The zero-order valence-corrected chi connectivity index (χ0v) is 8.30. The highest BCUT2D eigenvalue weighted by Gasteiger charge is 2.22. The fraction of sp³-hybridized carbons (Fsp3) is 0.700. The summed E-state index contributed by atoms with van der Waals surface area (Å²) in [4.78, 5) is 11.2. The van der Waals surface area contributed by atoms with Gasteiger partial charge in [0.2, 0.25) is 0 Å². The highest BCUT2D eigenvalue weighted by Crippen LogP contribution is 2.29. The van der Waals surface area contributed by atoms with Gasteiger partial charge < -0.3 is 10.5 Å². The predicted octanol–water partition coefficient (Wildman–Crippen LogP) is 1.58. The molecule has 3 heteroatoms. The van der Waals surface area contributed by atoms with Crippen LogP contribution in [0.3, 0.4) is 0 Å². The second-order valence-electron chi connectivity index (χ2n) is 3.51. The van der Waals surface area contributed by atoms with Gasteiger partial charge >= 0.3 is 5.97 Å². The Morgan fingerprint density at radius 2 is 2.38 bits per heavy atom. The molecule has 74 valence electrons. The number of methoxy groups -OCH3 is 1. The zero-order valence-electron chi connectivity index (χ0n) is 8.30. The van der Waals surface area contributed by atoms with Gasteiger partial charge in [-0.25, -0.2) is 4.79 Å². The Morgan fingerprint density at radius 3 is 2.85 bits per heavy atom. The van der Waals surface area contributed by atoms with Crippen LogP contribution in [0.25, 0.3) is 0 Å². The van der Waals surface area contributed by atoms with E-state index < -0.39 is 0 Å². The molecule has 1 atom stereocenters. The van der Waals surface area contributed by atoms with Crippen molar-refractivity contribution in [3.05, 3.63) is 11.3 Å². The molecule has 0 spiro atoms. The Kier molecular flexibility index (Phi) is 3.34.